The highest BCUT2D eigenvalue weighted by Crippen LogP contribution is 2.19. The van der Waals surface area contributed by atoms with E-state index in [1.807, 2.05) is 0 Å². The van der Waals surface area contributed by atoms with Crippen LogP contribution in [0, 0.1) is 23.7 Å². The molecule has 5 rings (SSSR count). The molecule has 34 heteroatoms. The number of carbonyl (C=O) groups is 13. The van der Waals surface area contributed by atoms with E-state index in [9.17, 15) is 77.6 Å². The maximum atomic E-state index is 14.6. The van der Waals surface area contributed by atoms with Crippen molar-refractivity contribution in [3.05, 3.63) is 126 Å². The maximum Gasteiger partial charge on any atom is 0.243 e. The lowest BCUT2D eigenvalue weighted by Crippen LogP contribution is -2.61. The van der Waals surface area contributed by atoms with Crippen molar-refractivity contribution in [3.8, 4) is 17.2 Å². The van der Waals surface area contributed by atoms with E-state index < -0.39 is 174 Å². The number of nitrogens with zero attached hydrogens (tertiary/aromatic N) is 2. The zero-order chi connectivity index (χ0) is 77.8. The number of aromatic hydroxyl groups is 3. The van der Waals surface area contributed by atoms with Gasteiger partial charge in [0.1, 0.15) is 77.7 Å². The minimum atomic E-state index is -1.76. The molecule has 0 aliphatic rings. The maximum absolute atomic E-state index is 14.6. The van der Waals surface area contributed by atoms with E-state index in [2.05, 4.69) is 78.4 Å². The molecule has 570 valence electrons. The molecular formula is C71H100N18O16. The fourth-order valence-corrected chi connectivity index (χ4v) is 10.9. The van der Waals surface area contributed by atoms with Crippen molar-refractivity contribution in [1.29, 1.82) is 0 Å². The number of carbonyl (C=O) groups excluding carboxylic acids is 13. The van der Waals surface area contributed by atoms with Gasteiger partial charge in [-0.05, 0) is 96.5 Å². The van der Waals surface area contributed by atoms with Gasteiger partial charge >= 0.3 is 0 Å². The van der Waals surface area contributed by atoms with Crippen molar-refractivity contribution in [2.45, 2.75) is 187 Å². The van der Waals surface area contributed by atoms with Crippen LogP contribution in [-0.4, -0.2) is 185 Å². The molecular weight excluding hydrogens is 1360 g/mol. The number of benzene rings is 3. The Labute approximate surface area is 607 Å². The van der Waals surface area contributed by atoms with Gasteiger partial charge in [0.25, 0.3) is 0 Å². The lowest BCUT2D eigenvalue weighted by molar-refractivity contribution is -0.136. The van der Waals surface area contributed by atoms with Crippen LogP contribution in [0.1, 0.15) is 116 Å². The molecule has 5 aromatic rings. The minimum Gasteiger partial charge on any atom is -0.508 e. The fraction of sp³-hybridized carbons (Fsp3) is 0.479. The van der Waals surface area contributed by atoms with Crippen molar-refractivity contribution in [2.24, 2.45) is 40.9 Å². The number of rotatable bonds is 42. The number of nitrogens with one attached hydrogen (secondary N) is 13. The van der Waals surface area contributed by atoms with Gasteiger partial charge in [-0.3, -0.25) is 62.3 Å². The Morgan fingerprint density at radius 2 is 0.790 bits per heavy atom. The van der Waals surface area contributed by atoms with Crippen LogP contribution in [0.25, 0.3) is 0 Å². The smallest absolute Gasteiger partial charge is 0.243 e. The molecule has 0 saturated heterocycles. The second-order valence-corrected chi connectivity index (χ2v) is 26.8. The number of nitrogens with two attached hydrogens (primary N) is 3. The second kappa shape index (κ2) is 41.0. The number of phenols is 3. The normalized spacial score (nSPS) is 14.9. The molecule has 0 aliphatic carbocycles. The van der Waals surface area contributed by atoms with Gasteiger partial charge in [-0.15, -0.1) is 0 Å². The highest BCUT2D eigenvalue weighted by Gasteiger charge is 2.38. The summed E-state index contributed by atoms with van der Waals surface area (Å²) in [7, 11) is 0. The van der Waals surface area contributed by atoms with Crippen LogP contribution < -0.4 is 75.7 Å². The van der Waals surface area contributed by atoms with Crippen molar-refractivity contribution >= 4 is 76.8 Å². The molecule has 0 saturated carbocycles. The predicted molar refractivity (Wildman–Crippen MR) is 382 cm³/mol. The lowest BCUT2D eigenvalue weighted by Gasteiger charge is -2.29. The Balaban J connectivity index is 1.26. The summed E-state index contributed by atoms with van der Waals surface area (Å²) in [6, 6.07) is 2.23. The van der Waals surface area contributed by atoms with Gasteiger partial charge in [0.2, 0.25) is 76.8 Å². The molecule has 105 heavy (non-hydrogen) atoms. The van der Waals surface area contributed by atoms with Crippen molar-refractivity contribution in [3.63, 3.8) is 0 Å². The van der Waals surface area contributed by atoms with Gasteiger partial charge in [-0.2, -0.15) is 0 Å². The van der Waals surface area contributed by atoms with E-state index in [0.29, 0.717) is 40.9 Å². The standard InChI is InChI=1S/C71H100N18O16/c1-10-38(7)59(88-63(97)49(72)25-41-12-18-46(90)19-13-41)70(104)85-52(26-42-14-20-47(91)21-15-42)65(99)84-55(30-56(73)93)68(102)87-58(37(5)6)69(103)80-40(9)62(96)77-33-57(94)81-51(24-36(3)4)64(98)83-53(27-43-16-22-48(92)23-17-43)67(101)89-60(39(8)11-2)71(105)86-54(29-45-32-76-35-79-45)66(100)82-50(61(74)95)28-44-31-75-34-78-44/h12-23,31-32,34-40,49-55,58-60,90-92H,10-11,24-30,33,72H2,1-9H3,(H2,73,93)(H2,74,95)(H,75,78)(H,76,79)(H,77,96)(H,80,103)(H,81,94)(H,82,100)(H,83,98)(H,84,99)(H,85,104)(H,86,105)(H,87,102)(H,88,97)(H,89,101)/t38-,39-,40+,49+,50+,51+,52+,53+,54+,55+,58+,59+,60+/m1/s1. The fourth-order valence-electron chi connectivity index (χ4n) is 10.9. The Hall–Kier alpha value is -11.5. The van der Waals surface area contributed by atoms with Gasteiger partial charge in [0.15, 0.2) is 0 Å². The van der Waals surface area contributed by atoms with Gasteiger partial charge < -0.3 is 101 Å². The molecule has 0 spiro atoms. The van der Waals surface area contributed by atoms with E-state index in [1.165, 1.54) is 92.6 Å². The minimum absolute atomic E-state index is 0.00579. The summed E-state index contributed by atoms with van der Waals surface area (Å²) in [5.74, 6) is -13.8. The number of amides is 13. The van der Waals surface area contributed by atoms with Crippen molar-refractivity contribution in [2.75, 3.05) is 6.54 Å². The summed E-state index contributed by atoms with van der Waals surface area (Å²) < 4.78 is 0. The third-order valence-electron chi connectivity index (χ3n) is 17.4. The number of aromatic nitrogens is 4. The number of aromatic amines is 2. The number of hydrogen-bond donors (Lipinski definition) is 19. The first-order valence-electron chi connectivity index (χ1n) is 34.6. The molecule has 34 nitrogen and oxygen atoms in total. The third-order valence-corrected chi connectivity index (χ3v) is 17.4. The van der Waals surface area contributed by atoms with Gasteiger partial charge in [-0.1, -0.05) is 105 Å². The first kappa shape index (κ1) is 84.2. The zero-order valence-electron chi connectivity index (χ0n) is 60.2. The second-order valence-electron chi connectivity index (χ2n) is 26.8. The van der Waals surface area contributed by atoms with Crippen LogP contribution in [0.4, 0.5) is 0 Å². The Kier molecular flexibility index (Phi) is 32.9. The molecule has 0 bridgehead atoms. The molecule has 13 amide bonds. The van der Waals surface area contributed by atoms with E-state index in [1.54, 1.807) is 67.5 Å². The predicted octanol–water partition coefficient (Wildman–Crippen LogP) is -1.77. The van der Waals surface area contributed by atoms with E-state index in [0.717, 1.165) is 0 Å². The average molecular weight is 1460 g/mol. The summed E-state index contributed by atoms with van der Waals surface area (Å²) in [5.41, 5.74) is 19.9. The summed E-state index contributed by atoms with van der Waals surface area (Å²) in [5, 5.41) is 58.3. The lowest BCUT2D eigenvalue weighted by atomic mass is 9.96. The molecule has 0 fully saturated rings. The van der Waals surface area contributed by atoms with Gasteiger partial charge in [-0.25, -0.2) is 9.97 Å². The van der Waals surface area contributed by atoms with Crippen LogP contribution in [0.15, 0.2) is 97.8 Å². The van der Waals surface area contributed by atoms with Crippen LogP contribution in [0.2, 0.25) is 0 Å². The largest absolute Gasteiger partial charge is 0.508 e. The Morgan fingerprint density at radius 1 is 0.419 bits per heavy atom. The molecule has 13 atom stereocenters. The number of phenolic OH excluding ortho intramolecular Hbond substituents is 3. The van der Waals surface area contributed by atoms with Crippen LogP contribution >= 0.6 is 0 Å². The molecule has 0 unspecified atom stereocenters. The number of H-pyrrole nitrogens is 2. The first-order chi connectivity index (χ1) is 49.6. The average Bonchev–Trinajstić information content (AvgIpc) is 1.08. The quantitative estimate of drug-likeness (QED) is 0.0206. The van der Waals surface area contributed by atoms with Crippen LogP contribution in [0.3, 0.4) is 0 Å². The number of hydrogen-bond acceptors (Lipinski definition) is 19. The molecule has 0 radical (unpaired) electrons. The number of primary amides is 2. The van der Waals surface area contributed by atoms with E-state index >= 15 is 0 Å². The van der Waals surface area contributed by atoms with Crippen molar-refractivity contribution < 1.29 is 77.6 Å². The monoisotopic (exact) mass is 1460 g/mol. The summed E-state index contributed by atoms with van der Waals surface area (Å²) in [6.07, 6.45) is 4.96. The highest BCUT2D eigenvalue weighted by atomic mass is 16.3. The van der Waals surface area contributed by atoms with Crippen LogP contribution in [0.5, 0.6) is 17.2 Å². The first-order valence-corrected chi connectivity index (χ1v) is 34.6. The van der Waals surface area contributed by atoms with Gasteiger partial charge in [0.05, 0.1) is 31.7 Å². The third kappa shape index (κ3) is 27.7. The SMILES string of the molecule is CC[C@@H](C)[C@H](NC(=O)[C@H](Cc1ccc(O)cc1)NC(=O)[C@H](CC(C)C)NC(=O)CNC(=O)[C@H](C)NC(=O)[C@@H](NC(=O)[C@H](CC(N)=O)NC(=O)[C@H](Cc1ccc(O)cc1)NC(=O)[C@@H](NC(=O)[C@@H](N)Cc1ccc(O)cc1)[C@H](C)CC)C(C)C)C(=O)N[C@@H](Cc1cnc[nH]1)C(=O)N[C@@H](Cc1cnc[nH]1)C(N)=O. The molecule has 22 N–H and O–H groups in total. The summed E-state index contributed by atoms with van der Waals surface area (Å²) in [6.45, 7) is 14.1. The topological polar surface area (TPSA) is 550 Å². The van der Waals surface area contributed by atoms with Gasteiger partial charge in [0, 0.05) is 49.5 Å². The molecule has 2 aromatic heterocycles. The molecule has 2 heterocycles. The Bertz CT molecular complexity index is 3750. The highest BCUT2D eigenvalue weighted by molar-refractivity contribution is 6.00. The Morgan fingerprint density at radius 3 is 1.21 bits per heavy atom. The summed E-state index contributed by atoms with van der Waals surface area (Å²) >= 11 is 0. The van der Waals surface area contributed by atoms with Crippen LogP contribution in [-0.2, 0) is 94.4 Å². The molecule has 0 aliphatic heterocycles. The number of imidazole rings is 2. The van der Waals surface area contributed by atoms with Crippen molar-refractivity contribution in [1.82, 2.24) is 78.4 Å². The van der Waals surface area contributed by atoms with E-state index in [-0.39, 0.29) is 61.7 Å². The zero-order valence-corrected chi connectivity index (χ0v) is 60.2. The molecule has 3 aromatic carbocycles. The summed E-state index contributed by atoms with van der Waals surface area (Å²) in [4.78, 5) is 194. The van der Waals surface area contributed by atoms with E-state index in [4.69, 9.17) is 17.2 Å².